The van der Waals surface area contributed by atoms with Gasteiger partial charge in [0, 0.05) is 36.2 Å². The molecular weight excluding hydrogens is 781 g/mol. The summed E-state index contributed by atoms with van der Waals surface area (Å²) in [4.78, 5) is 35.0. The number of benzene rings is 2. The number of nitrogens with zero attached hydrogens (tertiary/aromatic N) is 5. The summed E-state index contributed by atoms with van der Waals surface area (Å²) in [6, 6.07) is 7.47. The molecule has 5 N–H and O–H groups in total. The third kappa shape index (κ3) is 7.49. The molecule has 4 heterocycles. The van der Waals surface area contributed by atoms with E-state index in [1.165, 1.54) is 12.1 Å². The van der Waals surface area contributed by atoms with Crippen LogP contribution in [0.2, 0.25) is 0 Å². The predicted molar refractivity (Wildman–Crippen MR) is 183 cm³/mol. The summed E-state index contributed by atoms with van der Waals surface area (Å²) < 4.78 is 132. The van der Waals surface area contributed by atoms with Crippen LogP contribution in [0.15, 0.2) is 48.5 Å². The van der Waals surface area contributed by atoms with E-state index in [4.69, 9.17) is 5.73 Å². The average Bonchev–Trinajstić information content (AvgIpc) is 3.82. The number of rotatable bonds is 11. The average molecular weight is 808 g/mol. The van der Waals surface area contributed by atoms with Gasteiger partial charge in [-0.15, -0.1) is 0 Å². The SMILES string of the molecule is Cc1cc(Nc2nc3nc(C(Cc4cc(F)cc(F)c4)NC(=O)Cn4nc(C(F)F)c5c4C(F)(F)CCC5(F)F)c(-c4ccc(F)c(C(N)=O)c4)cc3s2)n[nH]1. The summed E-state index contributed by atoms with van der Waals surface area (Å²) in [5.74, 6) is -13.1. The largest absolute Gasteiger partial charge is 0.366 e. The Bertz CT molecular complexity index is 2500. The van der Waals surface area contributed by atoms with Gasteiger partial charge in [0.15, 0.2) is 16.6 Å². The topological polar surface area (TPSA) is 156 Å². The van der Waals surface area contributed by atoms with Crippen molar-refractivity contribution in [3.63, 3.8) is 0 Å². The number of hydrogen-bond acceptors (Lipinski definition) is 8. The minimum Gasteiger partial charge on any atom is -0.366 e. The normalized spacial score (nSPS) is 15.2. The predicted octanol–water partition coefficient (Wildman–Crippen LogP) is 7.86. The molecule has 1 aliphatic rings. The van der Waals surface area contributed by atoms with E-state index in [1.54, 1.807) is 13.0 Å². The Hall–Kier alpha value is -5.99. The van der Waals surface area contributed by atoms with Crippen molar-refractivity contribution in [3.05, 3.63) is 105 Å². The van der Waals surface area contributed by atoms with Gasteiger partial charge in [-0.1, -0.05) is 17.4 Å². The smallest absolute Gasteiger partial charge is 0.290 e. The molecular formula is C35H26F9N9O2S. The van der Waals surface area contributed by atoms with E-state index in [1.807, 2.05) is 0 Å². The number of aromatic amines is 1. The number of primary amides is 1. The molecule has 11 nitrogen and oxygen atoms in total. The number of nitrogens with one attached hydrogen (secondary N) is 3. The number of carbonyl (C=O) groups is 2. The molecule has 1 aliphatic carbocycles. The maximum atomic E-state index is 15.1. The van der Waals surface area contributed by atoms with Crippen LogP contribution < -0.4 is 16.4 Å². The summed E-state index contributed by atoms with van der Waals surface area (Å²) in [7, 11) is 0. The first-order valence-corrected chi connectivity index (χ1v) is 17.3. The fourth-order valence-electron chi connectivity index (χ4n) is 6.49. The standard InChI is InChI=1S/C35H26F9N9O2S/c1-14-6-24(51-50-14)47-33-49-32-23(56-33)12-19(16-2-3-21(38)20(10-16)31(45)55)27(48-32)22(9-15-7-17(36)11-18(37)8-15)46-25(54)13-53-29-26(28(52-53)30(39)40)34(41,42)4-5-35(29,43)44/h2-3,6-8,10-12,22,30H,4-5,9,13H2,1H3,(H2,45,55)(H,46,54)(H2,47,48,49,50,51). The minimum absolute atomic E-state index is 0.0509. The number of aryl methyl sites for hydroxylation is 1. The summed E-state index contributed by atoms with van der Waals surface area (Å²) in [5.41, 5.74) is 0.861. The van der Waals surface area contributed by atoms with E-state index in [0.29, 0.717) is 16.6 Å². The highest BCUT2D eigenvalue weighted by Gasteiger charge is 2.55. The lowest BCUT2D eigenvalue weighted by Gasteiger charge is -2.29. The second-order valence-corrected chi connectivity index (χ2v) is 14.0. The highest BCUT2D eigenvalue weighted by Crippen LogP contribution is 2.52. The number of anilines is 2. The number of H-pyrrole nitrogens is 1. The van der Waals surface area contributed by atoms with Gasteiger partial charge in [0.1, 0.15) is 35.4 Å². The first-order chi connectivity index (χ1) is 26.4. The molecule has 0 saturated carbocycles. The van der Waals surface area contributed by atoms with E-state index in [0.717, 1.165) is 41.3 Å². The Morgan fingerprint density at radius 2 is 1.68 bits per heavy atom. The second-order valence-electron chi connectivity index (χ2n) is 13.0. The third-order valence-corrected chi connectivity index (χ3v) is 9.78. The van der Waals surface area contributed by atoms with Crippen LogP contribution in [0, 0.1) is 24.4 Å². The van der Waals surface area contributed by atoms with Crippen molar-refractivity contribution < 1.29 is 49.1 Å². The molecule has 0 spiro atoms. The molecule has 292 valence electrons. The highest BCUT2D eigenvalue weighted by atomic mass is 32.1. The Kier molecular flexibility index (Phi) is 9.75. The molecule has 4 aromatic heterocycles. The van der Waals surface area contributed by atoms with Crippen molar-refractivity contribution in [1.82, 2.24) is 35.3 Å². The zero-order chi connectivity index (χ0) is 40.3. The van der Waals surface area contributed by atoms with Crippen LogP contribution in [0.25, 0.3) is 21.5 Å². The molecule has 7 rings (SSSR count). The number of nitrogens with two attached hydrogens (primary N) is 1. The van der Waals surface area contributed by atoms with Crippen molar-refractivity contribution in [2.24, 2.45) is 5.73 Å². The minimum atomic E-state index is -4.11. The molecule has 1 unspecified atom stereocenters. The van der Waals surface area contributed by atoms with Gasteiger partial charge >= 0.3 is 0 Å². The van der Waals surface area contributed by atoms with Gasteiger partial charge in [-0.05, 0) is 54.8 Å². The summed E-state index contributed by atoms with van der Waals surface area (Å²) in [6.45, 7) is 0.487. The van der Waals surface area contributed by atoms with Crippen LogP contribution in [0.1, 0.15) is 69.6 Å². The van der Waals surface area contributed by atoms with E-state index in [-0.39, 0.29) is 37.8 Å². The molecule has 0 fully saturated rings. The van der Waals surface area contributed by atoms with E-state index in [9.17, 15) is 40.3 Å². The van der Waals surface area contributed by atoms with Gasteiger partial charge in [-0.25, -0.2) is 35.7 Å². The fraction of sp³-hybridized carbons (Fsp3) is 0.257. The number of pyridine rings is 1. The molecule has 2 aromatic carbocycles. The maximum absolute atomic E-state index is 15.1. The maximum Gasteiger partial charge on any atom is 0.290 e. The van der Waals surface area contributed by atoms with Crippen LogP contribution in [0.5, 0.6) is 0 Å². The number of fused-ring (bicyclic) bond motifs is 2. The second kappa shape index (κ2) is 14.3. The van der Waals surface area contributed by atoms with Gasteiger partial charge in [0.25, 0.3) is 24.2 Å². The molecule has 0 saturated heterocycles. The zero-order valence-corrected chi connectivity index (χ0v) is 29.4. The van der Waals surface area contributed by atoms with Crippen LogP contribution >= 0.6 is 11.3 Å². The van der Waals surface area contributed by atoms with Crippen LogP contribution in [0.4, 0.5) is 50.5 Å². The summed E-state index contributed by atoms with van der Waals surface area (Å²) in [5, 5.41) is 15.9. The third-order valence-electron chi connectivity index (χ3n) is 8.87. The molecule has 56 heavy (non-hydrogen) atoms. The monoisotopic (exact) mass is 807 g/mol. The van der Waals surface area contributed by atoms with E-state index < -0.39 is 102 Å². The highest BCUT2D eigenvalue weighted by molar-refractivity contribution is 7.22. The first-order valence-electron chi connectivity index (χ1n) is 16.5. The molecule has 0 radical (unpaired) electrons. The lowest BCUT2D eigenvalue weighted by Crippen LogP contribution is -2.37. The zero-order valence-electron chi connectivity index (χ0n) is 28.5. The number of halogens is 9. The van der Waals surface area contributed by atoms with Crippen molar-refractivity contribution in [3.8, 4) is 11.1 Å². The number of alkyl halides is 6. The quantitative estimate of drug-likeness (QED) is 0.0972. The summed E-state index contributed by atoms with van der Waals surface area (Å²) in [6.07, 6.45) is -7.02. The Morgan fingerprint density at radius 1 is 0.964 bits per heavy atom. The van der Waals surface area contributed by atoms with Gasteiger partial charge < -0.3 is 16.4 Å². The molecule has 21 heteroatoms. The van der Waals surface area contributed by atoms with Crippen LogP contribution in [0.3, 0.4) is 0 Å². The van der Waals surface area contributed by atoms with Gasteiger partial charge in [-0.3, -0.25) is 19.4 Å². The number of carbonyl (C=O) groups excluding carboxylic acids is 2. The van der Waals surface area contributed by atoms with Gasteiger partial charge in [0.05, 0.1) is 27.6 Å². The summed E-state index contributed by atoms with van der Waals surface area (Å²) >= 11 is 1.09. The Balaban J connectivity index is 1.36. The number of thiazole rings is 1. The lowest BCUT2D eigenvalue weighted by molar-refractivity contribution is -0.123. The first kappa shape index (κ1) is 38.3. The molecule has 1 atom stereocenters. The molecule has 0 aliphatic heterocycles. The Morgan fingerprint density at radius 3 is 2.34 bits per heavy atom. The van der Waals surface area contributed by atoms with Gasteiger partial charge in [-0.2, -0.15) is 24.0 Å². The molecule has 6 aromatic rings. The molecule has 2 amide bonds. The number of aromatic nitrogens is 6. The van der Waals surface area contributed by atoms with Crippen molar-refractivity contribution in [2.75, 3.05) is 5.32 Å². The number of amides is 2. The fourth-order valence-corrected chi connectivity index (χ4v) is 7.35. The molecule has 0 bridgehead atoms. The van der Waals surface area contributed by atoms with E-state index >= 15 is 8.78 Å². The van der Waals surface area contributed by atoms with Crippen molar-refractivity contribution in [2.45, 2.75) is 57.0 Å². The van der Waals surface area contributed by atoms with Crippen molar-refractivity contribution in [1.29, 1.82) is 0 Å². The number of hydrogen-bond donors (Lipinski definition) is 4. The van der Waals surface area contributed by atoms with Crippen LogP contribution in [-0.4, -0.2) is 41.8 Å². The lowest BCUT2D eigenvalue weighted by atomic mass is 9.89. The van der Waals surface area contributed by atoms with E-state index in [2.05, 4.69) is 35.9 Å². The van der Waals surface area contributed by atoms with Crippen LogP contribution in [-0.2, 0) is 29.6 Å². The van der Waals surface area contributed by atoms with Gasteiger partial charge in [0.2, 0.25) is 5.91 Å². The Labute approximate surface area is 313 Å². The van der Waals surface area contributed by atoms with Crippen molar-refractivity contribution >= 4 is 44.4 Å².